The first kappa shape index (κ1) is 14.6. The molecule has 96 valence electrons. The van der Waals surface area contributed by atoms with Crippen molar-refractivity contribution in [3.63, 3.8) is 0 Å². The molecule has 0 heterocycles. The van der Waals surface area contributed by atoms with Crippen LogP contribution in [0.1, 0.15) is 24.4 Å². The summed E-state index contributed by atoms with van der Waals surface area (Å²) in [5.74, 6) is 0. The lowest BCUT2D eigenvalue weighted by atomic mass is 10.0. The van der Waals surface area contributed by atoms with Gasteiger partial charge >= 0.3 is 6.18 Å². The zero-order chi connectivity index (χ0) is 13.1. The van der Waals surface area contributed by atoms with E-state index >= 15 is 0 Å². The molecule has 6 heteroatoms. The highest BCUT2D eigenvalue weighted by molar-refractivity contribution is 6.34. The molecule has 0 aliphatic rings. The van der Waals surface area contributed by atoms with Crippen LogP contribution in [0.5, 0.6) is 0 Å². The lowest BCUT2D eigenvalue weighted by molar-refractivity contribution is -0.136. The van der Waals surface area contributed by atoms with Crippen LogP contribution in [0.4, 0.5) is 13.2 Å². The maximum Gasteiger partial charge on any atom is 0.389 e. The highest BCUT2D eigenvalue weighted by Gasteiger charge is 2.28. The van der Waals surface area contributed by atoms with Crippen LogP contribution >= 0.6 is 23.2 Å². The van der Waals surface area contributed by atoms with Gasteiger partial charge in [-0.25, -0.2) is 0 Å². The van der Waals surface area contributed by atoms with Crippen LogP contribution in [0, 0.1) is 0 Å². The lowest BCUT2D eigenvalue weighted by Crippen LogP contribution is -2.19. The van der Waals surface area contributed by atoms with Crippen LogP contribution in [-0.2, 0) is 0 Å². The second kappa shape index (κ2) is 5.94. The molecule has 0 aliphatic heterocycles. The number of benzene rings is 1. The third-order valence-corrected chi connectivity index (χ3v) is 2.79. The normalized spacial score (nSPS) is 13.8. The van der Waals surface area contributed by atoms with Crippen molar-refractivity contribution >= 4 is 23.2 Å². The van der Waals surface area contributed by atoms with Crippen molar-refractivity contribution in [3.05, 3.63) is 33.8 Å². The van der Waals surface area contributed by atoms with Gasteiger partial charge in [-0.2, -0.15) is 13.2 Å². The van der Waals surface area contributed by atoms with Gasteiger partial charge in [0, 0.05) is 22.5 Å². The molecule has 0 aromatic heterocycles. The first-order valence-corrected chi connectivity index (χ1v) is 5.77. The number of rotatable bonds is 4. The molecular weight excluding hydrogens is 274 g/mol. The van der Waals surface area contributed by atoms with E-state index in [-0.39, 0.29) is 6.42 Å². The fourth-order valence-electron chi connectivity index (χ4n) is 1.56. The number of hydrogen-bond acceptors (Lipinski definition) is 1. The highest BCUT2D eigenvalue weighted by atomic mass is 35.5. The minimum absolute atomic E-state index is 0.0450. The predicted octanol–water partition coefficient (Wildman–Crippen LogP) is 4.60. The predicted molar refractivity (Wildman–Crippen MR) is 63.6 cm³/mol. The first-order valence-electron chi connectivity index (χ1n) is 5.02. The summed E-state index contributed by atoms with van der Waals surface area (Å²) in [6, 6.07) is 4.37. The smallest absolute Gasteiger partial charge is 0.313 e. The van der Waals surface area contributed by atoms with Crippen molar-refractivity contribution in [2.75, 3.05) is 7.05 Å². The van der Waals surface area contributed by atoms with E-state index in [1.54, 1.807) is 25.2 Å². The van der Waals surface area contributed by atoms with E-state index in [0.29, 0.717) is 15.6 Å². The first-order chi connectivity index (χ1) is 7.81. The average Bonchev–Trinajstić information content (AvgIpc) is 2.15. The van der Waals surface area contributed by atoms with Gasteiger partial charge in [-0.05, 0) is 37.2 Å². The summed E-state index contributed by atoms with van der Waals surface area (Å²) in [6.07, 6.45) is -5.04. The second-order valence-electron chi connectivity index (χ2n) is 3.70. The maximum absolute atomic E-state index is 12.1. The quantitative estimate of drug-likeness (QED) is 0.853. The average molecular weight is 286 g/mol. The lowest BCUT2D eigenvalue weighted by Gasteiger charge is -2.18. The number of nitrogens with one attached hydrogen (secondary N) is 1. The van der Waals surface area contributed by atoms with Gasteiger partial charge < -0.3 is 5.32 Å². The van der Waals surface area contributed by atoms with E-state index in [1.807, 2.05) is 0 Å². The molecule has 1 N–H and O–H groups in total. The van der Waals surface area contributed by atoms with Crippen molar-refractivity contribution in [1.82, 2.24) is 5.32 Å². The molecule has 0 spiro atoms. The van der Waals surface area contributed by atoms with E-state index in [2.05, 4.69) is 5.32 Å². The van der Waals surface area contributed by atoms with Gasteiger partial charge in [-0.15, -0.1) is 0 Å². The molecule has 1 unspecified atom stereocenters. The summed E-state index contributed by atoms with van der Waals surface area (Å²) < 4.78 is 36.4. The monoisotopic (exact) mass is 285 g/mol. The topological polar surface area (TPSA) is 12.0 Å². The fourth-order valence-corrected chi connectivity index (χ4v) is 2.10. The van der Waals surface area contributed by atoms with E-state index in [4.69, 9.17) is 23.2 Å². The molecule has 1 aromatic carbocycles. The van der Waals surface area contributed by atoms with Gasteiger partial charge in [0.15, 0.2) is 0 Å². The van der Waals surface area contributed by atoms with Crippen molar-refractivity contribution in [2.24, 2.45) is 0 Å². The Kier molecular flexibility index (Phi) is 5.10. The molecule has 1 atom stereocenters. The third kappa shape index (κ3) is 5.15. The Hall–Kier alpha value is -0.450. The van der Waals surface area contributed by atoms with Crippen LogP contribution in [0.3, 0.4) is 0 Å². The highest BCUT2D eigenvalue weighted by Crippen LogP contribution is 2.30. The zero-order valence-corrected chi connectivity index (χ0v) is 10.6. The van der Waals surface area contributed by atoms with E-state index < -0.39 is 18.6 Å². The molecule has 0 saturated heterocycles. The Morgan fingerprint density at radius 2 is 1.71 bits per heavy atom. The largest absolute Gasteiger partial charge is 0.389 e. The molecule has 1 aromatic rings. The Morgan fingerprint density at radius 3 is 2.12 bits per heavy atom. The number of halogens is 5. The Morgan fingerprint density at radius 1 is 1.18 bits per heavy atom. The van der Waals surface area contributed by atoms with Crippen molar-refractivity contribution in [3.8, 4) is 0 Å². The van der Waals surface area contributed by atoms with Crippen molar-refractivity contribution in [1.29, 1.82) is 0 Å². The van der Waals surface area contributed by atoms with Gasteiger partial charge in [-0.3, -0.25) is 0 Å². The van der Waals surface area contributed by atoms with E-state index in [0.717, 1.165) is 0 Å². The van der Waals surface area contributed by atoms with Crippen molar-refractivity contribution in [2.45, 2.75) is 25.1 Å². The zero-order valence-electron chi connectivity index (χ0n) is 9.11. The van der Waals surface area contributed by atoms with Crippen LogP contribution in [0.25, 0.3) is 0 Å². The Labute approximate surface area is 108 Å². The minimum Gasteiger partial charge on any atom is -0.313 e. The summed E-state index contributed by atoms with van der Waals surface area (Å²) >= 11 is 11.6. The molecule has 0 radical (unpaired) electrons. The van der Waals surface area contributed by atoms with Gasteiger partial charge in [0.25, 0.3) is 0 Å². The molecule has 0 saturated carbocycles. The van der Waals surface area contributed by atoms with Crippen LogP contribution < -0.4 is 5.32 Å². The molecular formula is C11H12Cl2F3N. The van der Waals surface area contributed by atoms with E-state index in [9.17, 15) is 13.2 Å². The SMILES string of the molecule is CNC(CCC(F)(F)F)c1cc(Cl)cc(Cl)c1. The molecule has 1 nitrogen and oxygen atoms in total. The minimum atomic E-state index is -4.16. The molecule has 0 aliphatic carbocycles. The summed E-state index contributed by atoms with van der Waals surface area (Å²) in [4.78, 5) is 0. The molecule has 17 heavy (non-hydrogen) atoms. The van der Waals surface area contributed by atoms with Gasteiger partial charge in [0.1, 0.15) is 0 Å². The number of alkyl halides is 3. The Bertz CT molecular complexity index is 359. The number of hydrogen-bond donors (Lipinski definition) is 1. The Balaban J connectivity index is 2.79. The maximum atomic E-state index is 12.1. The summed E-state index contributed by atoms with van der Waals surface area (Å²) in [6.45, 7) is 0. The second-order valence-corrected chi connectivity index (χ2v) is 4.57. The standard InChI is InChI=1S/C11H12Cl2F3N/c1-17-10(2-3-11(14,15)16)7-4-8(12)6-9(13)5-7/h4-6,10,17H,2-3H2,1H3. The summed E-state index contributed by atoms with van der Waals surface area (Å²) in [7, 11) is 1.61. The third-order valence-electron chi connectivity index (χ3n) is 2.35. The summed E-state index contributed by atoms with van der Waals surface area (Å²) in [5.41, 5.74) is 0.661. The van der Waals surface area contributed by atoms with Gasteiger partial charge in [-0.1, -0.05) is 23.2 Å². The van der Waals surface area contributed by atoms with Crippen LogP contribution in [-0.4, -0.2) is 13.2 Å². The van der Waals surface area contributed by atoms with Crippen molar-refractivity contribution < 1.29 is 13.2 Å². The molecule has 0 bridgehead atoms. The van der Waals surface area contributed by atoms with Crippen LogP contribution in [0.2, 0.25) is 10.0 Å². The fraction of sp³-hybridized carbons (Fsp3) is 0.455. The van der Waals surface area contributed by atoms with E-state index in [1.165, 1.54) is 0 Å². The molecule has 1 rings (SSSR count). The summed E-state index contributed by atoms with van der Waals surface area (Å²) in [5, 5.41) is 3.66. The van der Waals surface area contributed by atoms with Gasteiger partial charge in [0.05, 0.1) is 0 Å². The molecule has 0 fully saturated rings. The van der Waals surface area contributed by atoms with Crippen LogP contribution in [0.15, 0.2) is 18.2 Å². The van der Waals surface area contributed by atoms with Gasteiger partial charge in [0.2, 0.25) is 0 Å². The molecule has 0 amide bonds.